The minimum absolute atomic E-state index is 0.176. The standard InChI is InChI=1S/C11H17F3N4S/c1-18(2)8-5-3-4-7(6-8)15-10-16-9(17-19-10)11(12,13)14/h7-8H,3-6H2,1-2H3,(H,15,16,17)/t7-,8-/m1/s1. The lowest BCUT2D eigenvalue weighted by Crippen LogP contribution is -2.38. The molecule has 19 heavy (non-hydrogen) atoms. The van der Waals surface area contributed by atoms with Crippen LogP contribution in [0.15, 0.2) is 0 Å². The third kappa shape index (κ3) is 3.79. The molecule has 1 N–H and O–H groups in total. The van der Waals surface area contributed by atoms with Gasteiger partial charge in [0.15, 0.2) is 0 Å². The molecule has 108 valence electrons. The number of rotatable bonds is 3. The molecule has 0 radical (unpaired) electrons. The van der Waals surface area contributed by atoms with E-state index in [-0.39, 0.29) is 11.2 Å². The first-order valence-electron chi connectivity index (χ1n) is 6.20. The van der Waals surface area contributed by atoms with Crippen molar-refractivity contribution in [2.75, 3.05) is 19.4 Å². The van der Waals surface area contributed by atoms with Crippen LogP contribution in [-0.2, 0) is 6.18 Å². The number of hydrogen-bond donors (Lipinski definition) is 1. The van der Waals surface area contributed by atoms with E-state index in [0.29, 0.717) is 6.04 Å². The number of alkyl halides is 3. The summed E-state index contributed by atoms with van der Waals surface area (Å²) < 4.78 is 40.5. The lowest BCUT2D eigenvalue weighted by atomic mass is 9.90. The number of anilines is 1. The molecule has 0 bridgehead atoms. The molecule has 1 aromatic heterocycles. The second-order valence-corrected chi connectivity index (χ2v) is 5.80. The normalized spacial score (nSPS) is 24.7. The van der Waals surface area contributed by atoms with Gasteiger partial charge in [0.1, 0.15) is 0 Å². The molecular weight excluding hydrogens is 277 g/mol. The second-order valence-electron chi connectivity index (χ2n) is 5.05. The zero-order valence-electron chi connectivity index (χ0n) is 10.9. The number of hydrogen-bond acceptors (Lipinski definition) is 5. The molecule has 0 saturated heterocycles. The fraction of sp³-hybridized carbons (Fsp3) is 0.818. The van der Waals surface area contributed by atoms with Crippen LogP contribution in [0.2, 0.25) is 0 Å². The van der Waals surface area contributed by atoms with Crippen LogP contribution in [0, 0.1) is 0 Å². The molecular formula is C11H17F3N4S. The summed E-state index contributed by atoms with van der Waals surface area (Å²) in [6.07, 6.45) is -0.366. The van der Waals surface area contributed by atoms with E-state index in [1.54, 1.807) is 0 Å². The number of halogens is 3. The van der Waals surface area contributed by atoms with Gasteiger partial charge in [-0.3, -0.25) is 0 Å². The molecule has 0 aliphatic heterocycles. The lowest BCUT2D eigenvalue weighted by Gasteiger charge is -2.33. The van der Waals surface area contributed by atoms with Crippen LogP contribution < -0.4 is 5.32 Å². The Bertz CT molecular complexity index is 418. The Morgan fingerprint density at radius 3 is 2.63 bits per heavy atom. The molecule has 0 aromatic carbocycles. The zero-order chi connectivity index (χ0) is 14.0. The Morgan fingerprint density at radius 1 is 1.32 bits per heavy atom. The lowest BCUT2D eigenvalue weighted by molar-refractivity contribution is -0.144. The van der Waals surface area contributed by atoms with E-state index in [9.17, 15) is 13.2 Å². The zero-order valence-corrected chi connectivity index (χ0v) is 11.7. The Kier molecular flexibility index (Phi) is 4.29. The van der Waals surface area contributed by atoms with Gasteiger partial charge in [-0.15, -0.1) is 0 Å². The number of nitrogens with zero attached hydrogens (tertiary/aromatic N) is 3. The van der Waals surface area contributed by atoms with Gasteiger partial charge in [0, 0.05) is 23.6 Å². The summed E-state index contributed by atoms with van der Waals surface area (Å²) in [7, 11) is 4.06. The van der Waals surface area contributed by atoms with Crippen LogP contribution in [-0.4, -0.2) is 40.4 Å². The van der Waals surface area contributed by atoms with Gasteiger partial charge in [-0.2, -0.15) is 22.5 Å². The van der Waals surface area contributed by atoms with Crippen molar-refractivity contribution >= 4 is 16.7 Å². The largest absolute Gasteiger partial charge is 0.452 e. The summed E-state index contributed by atoms with van der Waals surface area (Å²) >= 11 is 0.774. The molecule has 1 heterocycles. The van der Waals surface area contributed by atoms with Crippen LogP contribution >= 0.6 is 11.5 Å². The fourth-order valence-corrected chi connectivity index (χ4v) is 3.00. The Labute approximate surface area is 114 Å². The Morgan fingerprint density at radius 2 is 2.05 bits per heavy atom. The van der Waals surface area contributed by atoms with Crippen molar-refractivity contribution in [2.45, 2.75) is 43.9 Å². The molecule has 2 rings (SSSR count). The summed E-state index contributed by atoms with van der Waals surface area (Å²) in [5, 5.41) is 3.34. The third-order valence-electron chi connectivity index (χ3n) is 3.38. The first-order chi connectivity index (χ1) is 8.86. The van der Waals surface area contributed by atoms with Crippen molar-refractivity contribution in [1.29, 1.82) is 0 Å². The highest BCUT2D eigenvalue weighted by Gasteiger charge is 2.36. The summed E-state index contributed by atoms with van der Waals surface area (Å²) in [6, 6.07) is 0.649. The molecule has 1 aromatic rings. The molecule has 1 aliphatic rings. The van der Waals surface area contributed by atoms with Gasteiger partial charge in [-0.05, 0) is 39.8 Å². The third-order valence-corrected chi connectivity index (χ3v) is 4.03. The predicted molar refractivity (Wildman–Crippen MR) is 68.3 cm³/mol. The molecule has 1 aliphatic carbocycles. The van der Waals surface area contributed by atoms with Crippen molar-refractivity contribution in [2.24, 2.45) is 0 Å². The SMILES string of the molecule is CN(C)[C@@H]1CCC[C@@H](Nc2nc(C(F)(F)F)ns2)C1. The van der Waals surface area contributed by atoms with Crippen molar-refractivity contribution in [3.05, 3.63) is 5.82 Å². The van der Waals surface area contributed by atoms with Crippen LogP contribution in [0.25, 0.3) is 0 Å². The smallest absolute Gasteiger partial charge is 0.357 e. The monoisotopic (exact) mass is 294 g/mol. The highest BCUT2D eigenvalue weighted by Crippen LogP contribution is 2.30. The second kappa shape index (κ2) is 5.62. The molecule has 8 heteroatoms. The minimum atomic E-state index is -4.46. The van der Waals surface area contributed by atoms with Gasteiger partial charge in [0.05, 0.1) is 0 Å². The highest BCUT2D eigenvalue weighted by atomic mass is 32.1. The van der Waals surface area contributed by atoms with Crippen molar-refractivity contribution in [3.8, 4) is 0 Å². The predicted octanol–water partition coefficient (Wildman–Crippen LogP) is 2.84. The Balaban J connectivity index is 1.95. The molecule has 0 unspecified atom stereocenters. The maximum absolute atomic E-state index is 12.4. The number of aromatic nitrogens is 2. The van der Waals surface area contributed by atoms with Crippen molar-refractivity contribution < 1.29 is 13.2 Å². The van der Waals surface area contributed by atoms with Gasteiger partial charge in [-0.25, -0.2) is 0 Å². The van der Waals surface area contributed by atoms with E-state index in [0.717, 1.165) is 37.2 Å². The van der Waals surface area contributed by atoms with Crippen LogP contribution in [0.3, 0.4) is 0 Å². The van der Waals surface area contributed by atoms with Crippen LogP contribution in [0.5, 0.6) is 0 Å². The maximum atomic E-state index is 12.4. The minimum Gasteiger partial charge on any atom is -0.357 e. The quantitative estimate of drug-likeness (QED) is 0.930. The summed E-state index contributed by atoms with van der Waals surface area (Å²) in [5.41, 5.74) is 0. The van der Waals surface area contributed by atoms with Crippen LogP contribution in [0.1, 0.15) is 31.5 Å². The molecule has 4 nitrogen and oxygen atoms in total. The average Bonchev–Trinajstić information content (AvgIpc) is 2.77. The van der Waals surface area contributed by atoms with Gasteiger partial charge >= 0.3 is 6.18 Å². The fourth-order valence-electron chi connectivity index (χ4n) is 2.34. The molecule has 0 spiro atoms. The average molecular weight is 294 g/mol. The van der Waals surface area contributed by atoms with E-state index < -0.39 is 12.0 Å². The molecule has 2 atom stereocenters. The van der Waals surface area contributed by atoms with Gasteiger partial charge in [0.25, 0.3) is 0 Å². The molecule has 1 fully saturated rings. The van der Waals surface area contributed by atoms with E-state index >= 15 is 0 Å². The highest BCUT2D eigenvalue weighted by molar-refractivity contribution is 7.09. The van der Waals surface area contributed by atoms with E-state index in [4.69, 9.17) is 0 Å². The molecule has 1 saturated carbocycles. The topological polar surface area (TPSA) is 41.0 Å². The van der Waals surface area contributed by atoms with Gasteiger partial charge < -0.3 is 10.2 Å². The van der Waals surface area contributed by atoms with Crippen molar-refractivity contribution in [3.63, 3.8) is 0 Å². The van der Waals surface area contributed by atoms with Gasteiger partial charge in [-0.1, -0.05) is 0 Å². The number of nitrogens with one attached hydrogen (secondary N) is 1. The van der Waals surface area contributed by atoms with Crippen LogP contribution in [0.4, 0.5) is 18.3 Å². The molecule has 0 amide bonds. The van der Waals surface area contributed by atoms with E-state index in [1.807, 2.05) is 14.1 Å². The first-order valence-corrected chi connectivity index (χ1v) is 6.97. The first kappa shape index (κ1) is 14.5. The maximum Gasteiger partial charge on any atom is 0.452 e. The van der Waals surface area contributed by atoms with Gasteiger partial charge in [0.2, 0.25) is 11.0 Å². The Hall–Kier alpha value is -0.890. The summed E-state index contributed by atoms with van der Waals surface area (Å²) in [6.45, 7) is 0. The summed E-state index contributed by atoms with van der Waals surface area (Å²) in [4.78, 5) is 5.66. The summed E-state index contributed by atoms with van der Waals surface area (Å²) in [5.74, 6) is -1.06. The van der Waals surface area contributed by atoms with E-state index in [1.165, 1.54) is 0 Å². The van der Waals surface area contributed by atoms with Crippen molar-refractivity contribution in [1.82, 2.24) is 14.3 Å². The van der Waals surface area contributed by atoms with E-state index in [2.05, 4.69) is 19.6 Å².